The molecule has 6 heteroatoms. The summed E-state index contributed by atoms with van der Waals surface area (Å²) in [5.74, 6) is 1.69. The van der Waals surface area contributed by atoms with Crippen LogP contribution in [0, 0.1) is 6.92 Å². The van der Waals surface area contributed by atoms with Crippen LogP contribution in [0.1, 0.15) is 5.56 Å². The topological polar surface area (TPSA) is 93.6 Å². The Morgan fingerprint density at radius 1 is 1.38 bits per heavy atom. The number of anilines is 1. The lowest BCUT2D eigenvalue weighted by molar-refractivity contribution is 0.577. The molecular weight excluding hydrogens is 206 g/mol. The summed E-state index contributed by atoms with van der Waals surface area (Å²) in [4.78, 5) is 15.3. The first-order valence-corrected chi connectivity index (χ1v) is 4.76. The van der Waals surface area contributed by atoms with E-state index in [0.29, 0.717) is 28.6 Å². The molecule has 0 aliphatic heterocycles. The minimum Gasteiger partial charge on any atom is -0.461 e. The van der Waals surface area contributed by atoms with Crippen molar-refractivity contribution in [2.75, 3.05) is 5.73 Å². The molecule has 0 atom stereocenters. The number of aromatic nitrogens is 4. The highest BCUT2D eigenvalue weighted by molar-refractivity contribution is 5.83. The lowest BCUT2D eigenvalue weighted by atomic mass is 10.3. The van der Waals surface area contributed by atoms with Crippen molar-refractivity contribution in [3.8, 4) is 11.6 Å². The number of nitrogens with two attached hydrogens (primary N) is 1. The van der Waals surface area contributed by atoms with Gasteiger partial charge < -0.3 is 15.1 Å². The maximum absolute atomic E-state index is 5.71. The maximum Gasteiger partial charge on any atom is 0.183 e. The lowest BCUT2D eigenvalue weighted by Gasteiger charge is -1.91. The minimum atomic E-state index is 0.382. The number of furan rings is 1. The van der Waals surface area contributed by atoms with Crippen molar-refractivity contribution >= 4 is 17.0 Å². The average molecular weight is 215 g/mol. The molecule has 0 bridgehead atoms. The summed E-state index contributed by atoms with van der Waals surface area (Å²) in [6, 6.07) is 1.87. The van der Waals surface area contributed by atoms with Crippen LogP contribution in [0.5, 0.6) is 0 Å². The number of nitrogens with one attached hydrogen (secondary N) is 1. The number of nitrogens with zero attached hydrogens (tertiary/aromatic N) is 3. The monoisotopic (exact) mass is 215 g/mol. The first kappa shape index (κ1) is 8.90. The molecule has 0 saturated carbocycles. The van der Waals surface area contributed by atoms with E-state index in [1.165, 1.54) is 6.33 Å². The van der Waals surface area contributed by atoms with Gasteiger partial charge in [-0.15, -0.1) is 0 Å². The predicted molar refractivity (Wildman–Crippen MR) is 58.5 cm³/mol. The largest absolute Gasteiger partial charge is 0.461 e. The standard InChI is InChI=1S/C10H9N5O/c1-5-2-3-16-7(5)10-14-6-8(11)12-4-13-9(6)15-10/h2-4H,1H3,(H3,11,12,13,14,15). The van der Waals surface area contributed by atoms with E-state index in [4.69, 9.17) is 10.2 Å². The highest BCUT2D eigenvalue weighted by Crippen LogP contribution is 2.24. The molecule has 0 radical (unpaired) electrons. The zero-order chi connectivity index (χ0) is 11.1. The average Bonchev–Trinajstić information content (AvgIpc) is 2.84. The normalized spacial score (nSPS) is 11.1. The van der Waals surface area contributed by atoms with Crippen molar-refractivity contribution in [3.63, 3.8) is 0 Å². The Labute approximate surface area is 90.5 Å². The fourth-order valence-corrected chi connectivity index (χ4v) is 1.57. The fourth-order valence-electron chi connectivity index (χ4n) is 1.57. The Bertz CT molecular complexity index is 654. The number of rotatable bonds is 1. The molecule has 16 heavy (non-hydrogen) atoms. The van der Waals surface area contributed by atoms with Crippen molar-refractivity contribution in [3.05, 3.63) is 24.2 Å². The smallest absolute Gasteiger partial charge is 0.183 e. The number of hydrogen-bond acceptors (Lipinski definition) is 5. The minimum absolute atomic E-state index is 0.382. The van der Waals surface area contributed by atoms with E-state index in [9.17, 15) is 0 Å². The molecule has 0 amide bonds. The first-order valence-electron chi connectivity index (χ1n) is 4.76. The Morgan fingerprint density at radius 3 is 2.94 bits per heavy atom. The van der Waals surface area contributed by atoms with Gasteiger partial charge in [-0.1, -0.05) is 0 Å². The molecule has 3 aromatic heterocycles. The van der Waals surface area contributed by atoms with Gasteiger partial charge in [0.2, 0.25) is 0 Å². The Kier molecular flexibility index (Phi) is 1.70. The molecule has 0 spiro atoms. The van der Waals surface area contributed by atoms with Crippen molar-refractivity contribution in [1.29, 1.82) is 0 Å². The lowest BCUT2D eigenvalue weighted by Crippen LogP contribution is -1.91. The number of aryl methyl sites for hydroxylation is 1. The first-order chi connectivity index (χ1) is 7.75. The van der Waals surface area contributed by atoms with E-state index < -0.39 is 0 Å². The number of nitrogen functional groups attached to an aromatic ring is 1. The van der Waals surface area contributed by atoms with E-state index in [1.54, 1.807) is 6.26 Å². The summed E-state index contributed by atoms with van der Waals surface area (Å²) in [5.41, 5.74) is 7.89. The molecular formula is C10H9N5O. The van der Waals surface area contributed by atoms with E-state index in [2.05, 4.69) is 19.9 Å². The van der Waals surface area contributed by atoms with Gasteiger partial charge in [0.1, 0.15) is 11.8 Å². The van der Waals surface area contributed by atoms with Crippen LogP contribution in [0.2, 0.25) is 0 Å². The van der Waals surface area contributed by atoms with E-state index in [-0.39, 0.29) is 0 Å². The fraction of sp³-hybridized carbons (Fsp3) is 0.100. The van der Waals surface area contributed by atoms with Crippen LogP contribution in [-0.4, -0.2) is 19.9 Å². The van der Waals surface area contributed by atoms with E-state index in [0.717, 1.165) is 5.56 Å². The molecule has 0 saturated heterocycles. The molecule has 3 N–H and O–H groups in total. The van der Waals surface area contributed by atoms with Crippen LogP contribution >= 0.6 is 0 Å². The van der Waals surface area contributed by atoms with Gasteiger partial charge in [0.25, 0.3) is 0 Å². The van der Waals surface area contributed by atoms with Crippen LogP contribution in [0.3, 0.4) is 0 Å². The predicted octanol–water partition coefficient (Wildman–Crippen LogP) is 1.50. The molecule has 6 nitrogen and oxygen atoms in total. The molecule has 3 heterocycles. The second kappa shape index (κ2) is 3.06. The Hall–Kier alpha value is -2.37. The summed E-state index contributed by atoms with van der Waals surface area (Å²) >= 11 is 0. The molecule has 0 fully saturated rings. The van der Waals surface area contributed by atoms with Gasteiger partial charge in [0.05, 0.1) is 6.26 Å². The maximum atomic E-state index is 5.71. The van der Waals surface area contributed by atoms with Crippen LogP contribution in [0.4, 0.5) is 5.82 Å². The van der Waals surface area contributed by atoms with Crippen molar-refractivity contribution in [2.24, 2.45) is 0 Å². The van der Waals surface area contributed by atoms with Gasteiger partial charge in [-0.05, 0) is 18.6 Å². The van der Waals surface area contributed by atoms with Gasteiger partial charge in [0.15, 0.2) is 23.0 Å². The third-order valence-electron chi connectivity index (χ3n) is 2.39. The highest BCUT2D eigenvalue weighted by Gasteiger charge is 2.12. The van der Waals surface area contributed by atoms with E-state index in [1.807, 2.05) is 13.0 Å². The Balaban J connectivity index is 2.27. The van der Waals surface area contributed by atoms with Gasteiger partial charge in [-0.3, -0.25) is 0 Å². The number of hydrogen-bond donors (Lipinski definition) is 2. The molecule has 0 unspecified atom stereocenters. The van der Waals surface area contributed by atoms with Crippen LogP contribution < -0.4 is 5.73 Å². The van der Waals surface area contributed by atoms with Crippen LogP contribution in [-0.2, 0) is 0 Å². The Morgan fingerprint density at radius 2 is 2.25 bits per heavy atom. The second-order valence-corrected chi connectivity index (χ2v) is 3.48. The van der Waals surface area contributed by atoms with Crippen LogP contribution in [0.15, 0.2) is 23.1 Å². The third-order valence-corrected chi connectivity index (χ3v) is 2.39. The molecule has 3 rings (SSSR count). The van der Waals surface area contributed by atoms with Crippen molar-refractivity contribution in [1.82, 2.24) is 19.9 Å². The zero-order valence-corrected chi connectivity index (χ0v) is 8.56. The summed E-state index contributed by atoms with van der Waals surface area (Å²) in [6.07, 6.45) is 3.00. The molecule has 0 aromatic carbocycles. The summed E-state index contributed by atoms with van der Waals surface area (Å²) in [6.45, 7) is 1.95. The zero-order valence-electron chi connectivity index (χ0n) is 8.56. The summed E-state index contributed by atoms with van der Waals surface area (Å²) < 4.78 is 5.34. The molecule has 0 aliphatic rings. The number of fused-ring (bicyclic) bond motifs is 1. The SMILES string of the molecule is Cc1ccoc1-c1nc2ncnc(N)c2[nH]1. The summed E-state index contributed by atoms with van der Waals surface area (Å²) in [7, 11) is 0. The number of imidazole rings is 1. The van der Waals surface area contributed by atoms with Crippen LogP contribution in [0.25, 0.3) is 22.7 Å². The quantitative estimate of drug-likeness (QED) is 0.641. The van der Waals surface area contributed by atoms with Gasteiger partial charge in [-0.2, -0.15) is 0 Å². The van der Waals surface area contributed by atoms with Gasteiger partial charge in [0, 0.05) is 0 Å². The molecule has 3 aromatic rings. The highest BCUT2D eigenvalue weighted by atomic mass is 16.3. The number of H-pyrrole nitrogens is 1. The van der Waals surface area contributed by atoms with Gasteiger partial charge in [-0.25, -0.2) is 15.0 Å². The third kappa shape index (κ3) is 1.16. The second-order valence-electron chi connectivity index (χ2n) is 3.48. The molecule has 0 aliphatic carbocycles. The van der Waals surface area contributed by atoms with Crippen molar-refractivity contribution < 1.29 is 4.42 Å². The van der Waals surface area contributed by atoms with Crippen molar-refractivity contribution in [2.45, 2.75) is 6.92 Å². The molecule has 80 valence electrons. The summed E-state index contributed by atoms with van der Waals surface area (Å²) in [5, 5.41) is 0. The van der Waals surface area contributed by atoms with Gasteiger partial charge >= 0.3 is 0 Å². The number of aromatic amines is 1. The van der Waals surface area contributed by atoms with E-state index >= 15 is 0 Å².